The smallest absolute Gasteiger partial charge is 0.251 e. The van der Waals surface area contributed by atoms with E-state index in [2.05, 4.69) is 15.0 Å². The van der Waals surface area contributed by atoms with E-state index in [0.29, 0.717) is 16.7 Å². The second-order valence-corrected chi connectivity index (χ2v) is 11.1. The maximum absolute atomic E-state index is 13.7. The van der Waals surface area contributed by atoms with Gasteiger partial charge in [-0.05, 0) is 67.3 Å². The van der Waals surface area contributed by atoms with E-state index >= 15 is 0 Å². The van der Waals surface area contributed by atoms with Crippen molar-refractivity contribution < 1.29 is 23.1 Å². The van der Waals surface area contributed by atoms with Crippen LogP contribution in [0.3, 0.4) is 0 Å². The van der Waals surface area contributed by atoms with Crippen LogP contribution in [-0.2, 0) is 16.4 Å². The normalized spacial score (nSPS) is 12.9. The topological polar surface area (TPSA) is 121 Å². The van der Waals surface area contributed by atoms with Gasteiger partial charge in [-0.3, -0.25) is 4.79 Å². The highest BCUT2D eigenvalue weighted by Crippen LogP contribution is 2.31. The van der Waals surface area contributed by atoms with Crippen molar-refractivity contribution in [2.45, 2.75) is 36.8 Å². The van der Waals surface area contributed by atoms with E-state index < -0.39 is 21.7 Å². The summed E-state index contributed by atoms with van der Waals surface area (Å²) in [6.07, 6.45) is 2.10. The minimum Gasteiger partial charge on any atom is -0.495 e. The number of carbonyl (C=O) groups is 1. The summed E-state index contributed by atoms with van der Waals surface area (Å²) in [7, 11) is -1.18. The number of fused-ring (bicyclic) bond motifs is 1. The molecule has 1 aromatic heterocycles. The maximum Gasteiger partial charge on any atom is 0.251 e. The molecule has 1 atom stereocenters. The van der Waals surface area contributed by atoms with Crippen molar-refractivity contribution in [3.8, 4) is 16.9 Å². The van der Waals surface area contributed by atoms with Gasteiger partial charge in [0.15, 0.2) is 0 Å². The molecule has 4 rings (SSSR count). The molecule has 4 aromatic rings. The van der Waals surface area contributed by atoms with E-state index in [4.69, 9.17) is 4.74 Å². The Morgan fingerprint density at radius 3 is 2.49 bits per heavy atom. The zero-order valence-electron chi connectivity index (χ0n) is 21.2. The van der Waals surface area contributed by atoms with Crippen molar-refractivity contribution in [3.63, 3.8) is 0 Å². The molecular weight excluding hydrogens is 490 g/mol. The van der Waals surface area contributed by atoms with Gasteiger partial charge in [0.1, 0.15) is 10.6 Å². The molecule has 1 heterocycles. The quantitative estimate of drug-likeness (QED) is 0.267. The minimum atomic E-state index is -4.13. The fraction of sp³-hybridized carbons (Fsp3) is 0.250. The third-order valence-electron chi connectivity index (χ3n) is 6.39. The van der Waals surface area contributed by atoms with E-state index in [1.807, 2.05) is 30.5 Å². The van der Waals surface area contributed by atoms with Gasteiger partial charge in [0.05, 0.1) is 18.8 Å². The van der Waals surface area contributed by atoms with Crippen LogP contribution in [-0.4, -0.2) is 50.2 Å². The summed E-state index contributed by atoms with van der Waals surface area (Å²) < 4.78 is 35.5. The van der Waals surface area contributed by atoms with Crippen LogP contribution in [0.2, 0.25) is 0 Å². The number of aromatic amines is 1. The van der Waals surface area contributed by atoms with E-state index in [1.54, 1.807) is 57.3 Å². The number of aliphatic hydroxyl groups is 1. The van der Waals surface area contributed by atoms with Crippen LogP contribution < -0.4 is 14.8 Å². The van der Waals surface area contributed by atoms with Crippen LogP contribution in [0.4, 0.5) is 0 Å². The number of amides is 1. The molecule has 0 unspecified atom stereocenters. The zero-order chi connectivity index (χ0) is 26.8. The van der Waals surface area contributed by atoms with Gasteiger partial charge in [0, 0.05) is 29.7 Å². The Morgan fingerprint density at radius 2 is 1.78 bits per heavy atom. The largest absolute Gasteiger partial charge is 0.495 e. The summed E-state index contributed by atoms with van der Waals surface area (Å²) in [5, 5.41) is 14.5. The van der Waals surface area contributed by atoms with Crippen LogP contribution in [0.1, 0.15) is 29.8 Å². The molecule has 9 heteroatoms. The molecule has 1 amide bonds. The van der Waals surface area contributed by atoms with Gasteiger partial charge in [-0.2, -0.15) is 0 Å². The van der Waals surface area contributed by atoms with Crippen molar-refractivity contribution in [2.24, 2.45) is 0 Å². The van der Waals surface area contributed by atoms with Crippen LogP contribution in [0.5, 0.6) is 5.75 Å². The second kappa shape index (κ2) is 10.4. The Kier molecular flexibility index (Phi) is 7.40. The Morgan fingerprint density at radius 1 is 1.05 bits per heavy atom. The monoisotopic (exact) mass is 521 g/mol. The van der Waals surface area contributed by atoms with Gasteiger partial charge in [-0.15, -0.1) is 0 Å². The predicted octanol–water partition coefficient (Wildman–Crippen LogP) is 3.86. The summed E-state index contributed by atoms with van der Waals surface area (Å²) in [4.78, 5) is 15.2. The minimum absolute atomic E-state index is 0.0639. The maximum atomic E-state index is 13.7. The molecule has 0 saturated carbocycles. The molecule has 0 aliphatic heterocycles. The van der Waals surface area contributed by atoms with Crippen molar-refractivity contribution in [2.75, 3.05) is 14.2 Å². The molecule has 8 nitrogen and oxygen atoms in total. The van der Waals surface area contributed by atoms with Crippen molar-refractivity contribution in [1.29, 1.82) is 0 Å². The second-order valence-electron chi connectivity index (χ2n) is 9.42. The van der Waals surface area contributed by atoms with Crippen LogP contribution in [0, 0.1) is 0 Å². The van der Waals surface area contributed by atoms with Crippen LogP contribution in [0.25, 0.3) is 22.0 Å². The fourth-order valence-corrected chi connectivity index (χ4v) is 5.83. The first-order valence-corrected chi connectivity index (χ1v) is 13.3. The highest BCUT2D eigenvalue weighted by Gasteiger charge is 2.33. The molecule has 0 radical (unpaired) electrons. The highest BCUT2D eigenvalue weighted by molar-refractivity contribution is 7.89. The van der Waals surface area contributed by atoms with Crippen molar-refractivity contribution in [3.05, 3.63) is 84.1 Å². The molecule has 0 bridgehead atoms. The number of H-pyrrole nitrogens is 1. The Hall–Kier alpha value is -3.66. The average molecular weight is 522 g/mol. The number of nitrogens with one attached hydrogen (secondary N) is 3. The molecular formula is C28H31N3O5S. The number of ether oxygens (including phenoxy) is 1. The van der Waals surface area contributed by atoms with Crippen molar-refractivity contribution in [1.82, 2.24) is 15.0 Å². The third kappa shape index (κ3) is 5.69. The zero-order valence-corrected chi connectivity index (χ0v) is 22.0. The Bertz CT molecular complexity index is 1540. The molecule has 194 valence electrons. The van der Waals surface area contributed by atoms with E-state index in [-0.39, 0.29) is 23.0 Å². The summed E-state index contributed by atoms with van der Waals surface area (Å²) in [6, 6.07) is 18.6. The predicted molar refractivity (Wildman–Crippen MR) is 144 cm³/mol. The fourth-order valence-electron chi connectivity index (χ4n) is 4.26. The number of para-hydroxylation sites is 1. The first kappa shape index (κ1) is 26.4. The number of hydrogen-bond donors (Lipinski definition) is 4. The van der Waals surface area contributed by atoms with Gasteiger partial charge < -0.3 is 20.1 Å². The van der Waals surface area contributed by atoms with E-state index in [0.717, 1.165) is 16.5 Å². The van der Waals surface area contributed by atoms with E-state index in [9.17, 15) is 18.3 Å². The molecule has 0 spiro atoms. The number of rotatable bonds is 9. The lowest BCUT2D eigenvalue weighted by Crippen LogP contribution is -2.50. The SMILES string of the molecule is CNC(=O)c1cccc(-c2ccc(OC)c(S(=O)(=O)N[C@H](Cc3c[nH]c4ccccc34)C(C)(C)O)c2)c1. The summed E-state index contributed by atoms with van der Waals surface area (Å²) in [6.45, 7) is 3.15. The molecule has 0 fully saturated rings. The third-order valence-corrected chi connectivity index (χ3v) is 7.88. The molecule has 0 aliphatic rings. The molecule has 4 N–H and O–H groups in total. The van der Waals surface area contributed by atoms with Crippen LogP contribution >= 0.6 is 0 Å². The highest BCUT2D eigenvalue weighted by atomic mass is 32.2. The van der Waals surface area contributed by atoms with E-state index in [1.165, 1.54) is 13.2 Å². The number of aromatic nitrogens is 1. The lowest BCUT2D eigenvalue weighted by molar-refractivity contribution is 0.0461. The number of hydrogen-bond acceptors (Lipinski definition) is 5. The molecule has 3 aromatic carbocycles. The summed E-state index contributed by atoms with van der Waals surface area (Å²) in [5.74, 6) is -0.0736. The lowest BCUT2D eigenvalue weighted by Gasteiger charge is -2.30. The first-order valence-electron chi connectivity index (χ1n) is 11.8. The lowest BCUT2D eigenvalue weighted by atomic mass is 9.93. The Labute approximate surface area is 216 Å². The van der Waals surface area contributed by atoms with Gasteiger partial charge in [0.25, 0.3) is 5.91 Å². The Balaban J connectivity index is 1.71. The number of methoxy groups -OCH3 is 1. The average Bonchev–Trinajstić information content (AvgIpc) is 3.29. The molecule has 37 heavy (non-hydrogen) atoms. The summed E-state index contributed by atoms with van der Waals surface area (Å²) in [5.41, 5.74) is 2.19. The van der Waals surface area contributed by atoms with Gasteiger partial charge in [-0.25, -0.2) is 13.1 Å². The van der Waals surface area contributed by atoms with Crippen LogP contribution in [0.15, 0.2) is 77.8 Å². The molecule has 0 aliphatic carbocycles. The van der Waals surface area contributed by atoms with Gasteiger partial charge in [0.2, 0.25) is 10.0 Å². The van der Waals surface area contributed by atoms with Gasteiger partial charge >= 0.3 is 0 Å². The first-order chi connectivity index (χ1) is 17.5. The standard InChI is InChI=1S/C28H31N3O5S/c1-28(2,33)26(16-21-17-30-23-11-6-5-10-22(21)23)31-37(34,35)25-15-19(12-13-24(25)36-4)18-8-7-9-20(14-18)27(32)29-3/h5-15,17,26,30-31,33H,16H2,1-4H3,(H,29,32)/t26-/m1/s1. The van der Waals surface area contributed by atoms with Gasteiger partial charge in [-0.1, -0.05) is 36.4 Å². The molecule has 0 saturated heterocycles. The number of sulfonamides is 1. The van der Waals surface area contributed by atoms with Crippen molar-refractivity contribution >= 4 is 26.8 Å². The number of benzene rings is 3. The number of carbonyl (C=O) groups excluding carboxylic acids is 1. The summed E-state index contributed by atoms with van der Waals surface area (Å²) >= 11 is 0.